The molecule has 1 rings (SSSR count). The molecule has 0 aliphatic carbocycles. The minimum absolute atomic E-state index is 0.518. The van der Waals surface area contributed by atoms with Gasteiger partial charge in [-0.2, -0.15) is 11.8 Å². The Morgan fingerprint density at radius 3 is 2.67 bits per heavy atom. The Bertz CT molecular complexity index is 238. The number of hydrogen-bond acceptors (Lipinski definition) is 3. The van der Waals surface area contributed by atoms with Crippen molar-refractivity contribution in [2.45, 2.75) is 18.6 Å². The van der Waals surface area contributed by atoms with E-state index >= 15 is 0 Å². The van der Waals surface area contributed by atoms with Crippen molar-refractivity contribution >= 4 is 21.8 Å². The van der Waals surface area contributed by atoms with Gasteiger partial charge in [-0.05, 0) is 12.2 Å². The first-order valence-electron chi connectivity index (χ1n) is 4.10. The lowest BCUT2D eigenvalue weighted by Gasteiger charge is -2.12. The van der Waals surface area contributed by atoms with Crippen LogP contribution in [0.3, 0.4) is 0 Å². The van der Waals surface area contributed by atoms with Gasteiger partial charge in [0.05, 0.1) is 6.26 Å². The summed E-state index contributed by atoms with van der Waals surface area (Å²) >= 11 is 1.85. The molecule has 1 heterocycles. The maximum Gasteiger partial charge on any atom is 0.211 e. The topological polar surface area (TPSA) is 37.4 Å². The third-order valence-corrected chi connectivity index (χ3v) is 4.44. The second-order valence-corrected chi connectivity index (χ2v) is 6.55. The molecule has 0 radical (unpaired) electrons. The standard InChI is InChI=1S/C7H15NO2S2/c1-3-11-7-4-5-8(6-7)12(2,9)10/h7H,3-6H2,1-2H3. The SMILES string of the molecule is CCSC1CCN(S(C)(=O)=O)C1. The van der Waals surface area contributed by atoms with Crippen molar-refractivity contribution in [3.05, 3.63) is 0 Å². The Labute approximate surface area is 78.6 Å². The maximum absolute atomic E-state index is 11.1. The third-order valence-electron chi connectivity index (χ3n) is 1.98. The zero-order valence-corrected chi connectivity index (χ0v) is 9.12. The van der Waals surface area contributed by atoms with Crippen molar-refractivity contribution < 1.29 is 8.42 Å². The Balaban J connectivity index is 2.46. The molecule has 1 aliphatic heterocycles. The van der Waals surface area contributed by atoms with Gasteiger partial charge >= 0.3 is 0 Å². The molecule has 12 heavy (non-hydrogen) atoms. The van der Waals surface area contributed by atoms with E-state index in [1.807, 2.05) is 11.8 Å². The van der Waals surface area contributed by atoms with Crippen LogP contribution in [0.5, 0.6) is 0 Å². The summed E-state index contributed by atoms with van der Waals surface area (Å²) in [6.07, 6.45) is 2.29. The van der Waals surface area contributed by atoms with Gasteiger partial charge < -0.3 is 0 Å². The second kappa shape index (κ2) is 3.98. The average Bonchev–Trinajstić information content (AvgIpc) is 2.35. The van der Waals surface area contributed by atoms with Gasteiger partial charge in [-0.3, -0.25) is 0 Å². The first-order chi connectivity index (χ1) is 5.54. The van der Waals surface area contributed by atoms with E-state index in [9.17, 15) is 8.42 Å². The van der Waals surface area contributed by atoms with Crippen LogP contribution in [-0.2, 0) is 10.0 Å². The Morgan fingerprint density at radius 2 is 2.25 bits per heavy atom. The van der Waals surface area contributed by atoms with Crippen LogP contribution in [0.1, 0.15) is 13.3 Å². The van der Waals surface area contributed by atoms with Crippen LogP contribution < -0.4 is 0 Å². The van der Waals surface area contributed by atoms with E-state index in [2.05, 4.69) is 6.92 Å². The van der Waals surface area contributed by atoms with Gasteiger partial charge in [-0.15, -0.1) is 0 Å². The zero-order valence-electron chi connectivity index (χ0n) is 7.49. The maximum atomic E-state index is 11.1. The van der Waals surface area contributed by atoms with Crippen molar-refractivity contribution in [3.8, 4) is 0 Å². The number of nitrogens with zero attached hydrogens (tertiary/aromatic N) is 1. The van der Waals surface area contributed by atoms with Gasteiger partial charge in [0.25, 0.3) is 0 Å². The van der Waals surface area contributed by atoms with E-state index in [4.69, 9.17) is 0 Å². The highest BCUT2D eigenvalue weighted by molar-refractivity contribution is 8.00. The smallest absolute Gasteiger partial charge is 0.211 e. The highest BCUT2D eigenvalue weighted by atomic mass is 32.2. The molecule has 1 aliphatic rings. The molecule has 1 unspecified atom stereocenters. The van der Waals surface area contributed by atoms with E-state index in [0.717, 1.165) is 12.2 Å². The summed E-state index contributed by atoms with van der Waals surface area (Å²) in [6, 6.07) is 0. The van der Waals surface area contributed by atoms with Gasteiger partial charge in [-0.25, -0.2) is 12.7 Å². The fourth-order valence-electron chi connectivity index (χ4n) is 1.37. The monoisotopic (exact) mass is 209 g/mol. The lowest BCUT2D eigenvalue weighted by Crippen LogP contribution is -2.27. The van der Waals surface area contributed by atoms with Crippen molar-refractivity contribution in [1.82, 2.24) is 4.31 Å². The Kier molecular flexibility index (Phi) is 3.43. The average molecular weight is 209 g/mol. The first kappa shape index (κ1) is 10.3. The van der Waals surface area contributed by atoms with Gasteiger partial charge in [-0.1, -0.05) is 6.92 Å². The summed E-state index contributed by atoms with van der Waals surface area (Å²) in [6.45, 7) is 3.52. The largest absolute Gasteiger partial charge is 0.213 e. The van der Waals surface area contributed by atoms with Crippen LogP contribution in [0.2, 0.25) is 0 Å². The van der Waals surface area contributed by atoms with E-state index in [-0.39, 0.29) is 0 Å². The highest BCUT2D eigenvalue weighted by Crippen LogP contribution is 2.23. The predicted octanol–water partition coefficient (Wildman–Crippen LogP) is 0.773. The van der Waals surface area contributed by atoms with E-state index in [0.29, 0.717) is 18.3 Å². The fraction of sp³-hybridized carbons (Fsp3) is 1.00. The van der Waals surface area contributed by atoms with Crippen molar-refractivity contribution in [2.75, 3.05) is 25.1 Å². The van der Waals surface area contributed by atoms with E-state index in [1.54, 1.807) is 4.31 Å². The summed E-state index contributed by atoms with van der Waals surface area (Å²) in [4.78, 5) is 0. The molecule has 5 heteroatoms. The van der Waals surface area contributed by atoms with Gasteiger partial charge in [0, 0.05) is 18.3 Å². The molecular formula is C7H15NO2S2. The zero-order chi connectivity index (χ0) is 9.19. The van der Waals surface area contributed by atoms with Crippen LogP contribution in [0, 0.1) is 0 Å². The molecule has 3 nitrogen and oxygen atoms in total. The van der Waals surface area contributed by atoms with Crippen LogP contribution in [0.15, 0.2) is 0 Å². The Morgan fingerprint density at radius 1 is 1.58 bits per heavy atom. The first-order valence-corrected chi connectivity index (χ1v) is 7.00. The molecule has 0 N–H and O–H groups in total. The van der Waals surface area contributed by atoms with Gasteiger partial charge in [0.1, 0.15) is 0 Å². The lowest BCUT2D eigenvalue weighted by molar-refractivity contribution is 0.484. The van der Waals surface area contributed by atoms with Crippen molar-refractivity contribution in [1.29, 1.82) is 0 Å². The number of thioether (sulfide) groups is 1. The molecule has 0 aromatic rings. The molecule has 0 bridgehead atoms. The number of sulfonamides is 1. The molecule has 0 aromatic heterocycles. The predicted molar refractivity (Wildman–Crippen MR) is 53.0 cm³/mol. The highest BCUT2D eigenvalue weighted by Gasteiger charge is 2.27. The minimum Gasteiger partial charge on any atom is -0.213 e. The molecule has 0 spiro atoms. The van der Waals surface area contributed by atoms with E-state index < -0.39 is 10.0 Å². The van der Waals surface area contributed by atoms with Gasteiger partial charge in [0.2, 0.25) is 10.0 Å². The van der Waals surface area contributed by atoms with E-state index in [1.165, 1.54) is 6.26 Å². The number of hydrogen-bond donors (Lipinski definition) is 0. The van der Waals surface area contributed by atoms with Crippen molar-refractivity contribution in [3.63, 3.8) is 0 Å². The second-order valence-electron chi connectivity index (χ2n) is 2.99. The third kappa shape index (κ3) is 2.64. The van der Waals surface area contributed by atoms with Crippen LogP contribution in [-0.4, -0.2) is 43.1 Å². The molecule has 1 fully saturated rings. The molecule has 0 amide bonds. The summed E-state index contributed by atoms with van der Waals surface area (Å²) in [7, 11) is -2.93. The molecule has 0 aromatic carbocycles. The summed E-state index contributed by atoms with van der Waals surface area (Å²) in [5, 5.41) is 0.518. The molecule has 1 atom stereocenters. The quantitative estimate of drug-likeness (QED) is 0.689. The van der Waals surface area contributed by atoms with Crippen LogP contribution >= 0.6 is 11.8 Å². The molecule has 72 valence electrons. The normalized spacial score (nSPS) is 26.3. The molecular weight excluding hydrogens is 194 g/mol. The fourth-order valence-corrected chi connectivity index (χ4v) is 3.38. The summed E-state index contributed by atoms with van der Waals surface area (Å²) < 4.78 is 23.8. The van der Waals surface area contributed by atoms with Crippen molar-refractivity contribution in [2.24, 2.45) is 0 Å². The van der Waals surface area contributed by atoms with Crippen LogP contribution in [0.25, 0.3) is 0 Å². The molecule has 1 saturated heterocycles. The Hall–Kier alpha value is 0.260. The molecule has 0 saturated carbocycles. The minimum atomic E-state index is -2.93. The van der Waals surface area contributed by atoms with Crippen LogP contribution in [0.4, 0.5) is 0 Å². The summed E-state index contributed by atoms with van der Waals surface area (Å²) in [5.41, 5.74) is 0. The van der Waals surface area contributed by atoms with Gasteiger partial charge in [0.15, 0.2) is 0 Å². The number of rotatable bonds is 3. The summed E-state index contributed by atoms with van der Waals surface area (Å²) in [5.74, 6) is 1.07. The lowest BCUT2D eigenvalue weighted by atomic mass is 10.4.